The summed E-state index contributed by atoms with van der Waals surface area (Å²) in [5.41, 5.74) is 1.98. The highest BCUT2D eigenvalue weighted by Gasteiger charge is 2.39. The molecule has 3 aromatic carbocycles. The first-order chi connectivity index (χ1) is 21.0. The number of rotatable bonds is 8. The molecule has 1 atom stereocenters. The largest absolute Gasteiger partial charge is 0.478 e. The molecule has 0 saturated carbocycles. The Hall–Kier alpha value is -4.05. The molecular formula is C33H27Cl2F2N3O4. The summed E-state index contributed by atoms with van der Waals surface area (Å²) < 4.78 is 44.7. The molecule has 226 valence electrons. The molecule has 0 spiro atoms. The molecule has 1 aliphatic heterocycles. The SMILES string of the molecule is CC1(C)COCC1n1c(Cc2cc(F)c(-c3ccc(Cl)c(OCc4ccc(Cl)cc4)n3)cc2F)nc2ccc(C(=O)O)cc21. The molecular weight excluding hydrogens is 611 g/mol. The predicted molar refractivity (Wildman–Crippen MR) is 164 cm³/mol. The lowest BCUT2D eigenvalue weighted by Gasteiger charge is -2.28. The van der Waals surface area contributed by atoms with Crippen LogP contribution >= 0.6 is 23.2 Å². The van der Waals surface area contributed by atoms with Crippen molar-refractivity contribution in [1.82, 2.24) is 14.5 Å². The van der Waals surface area contributed by atoms with Crippen LogP contribution in [0.2, 0.25) is 10.0 Å². The number of carbonyl (C=O) groups is 1. The minimum Gasteiger partial charge on any atom is -0.478 e. The zero-order chi connectivity index (χ0) is 31.2. The molecule has 6 rings (SSSR count). The lowest BCUT2D eigenvalue weighted by molar-refractivity contribution is 0.0697. The molecule has 44 heavy (non-hydrogen) atoms. The molecule has 0 aliphatic carbocycles. The molecule has 11 heteroatoms. The maximum atomic E-state index is 15.7. The second-order valence-corrected chi connectivity index (χ2v) is 12.3. The van der Waals surface area contributed by atoms with Crippen LogP contribution < -0.4 is 4.74 Å². The number of pyridine rings is 1. The predicted octanol–water partition coefficient (Wildman–Crippen LogP) is 8.15. The van der Waals surface area contributed by atoms with Crippen molar-refractivity contribution in [3.8, 4) is 17.1 Å². The Balaban J connectivity index is 1.33. The summed E-state index contributed by atoms with van der Waals surface area (Å²) in [6.45, 7) is 5.11. The molecule has 5 aromatic rings. The van der Waals surface area contributed by atoms with Gasteiger partial charge in [-0.05, 0) is 65.7 Å². The molecule has 1 unspecified atom stereocenters. The van der Waals surface area contributed by atoms with Crippen LogP contribution in [0.4, 0.5) is 8.78 Å². The number of halogens is 4. The van der Waals surface area contributed by atoms with Gasteiger partial charge in [0.05, 0.1) is 41.5 Å². The summed E-state index contributed by atoms with van der Waals surface area (Å²) in [6.07, 6.45) is -0.0315. The molecule has 0 radical (unpaired) electrons. The molecule has 1 saturated heterocycles. The molecule has 7 nitrogen and oxygen atoms in total. The van der Waals surface area contributed by atoms with Crippen LogP contribution in [0.5, 0.6) is 5.88 Å². The summed E-state index contributed by atoms with van der Waals surface area (Å²) in [5.74, 6) is -1.84. The first-order valence-corrected chi connectivity index (χ1v) is 14.6. The zero-order valence-corrected chi connectivity index (χ0v) is 25.3. The third-order valence-electron chi connectivity index (χ3n) is 7.84. The number of benzene rings is 3. The quantitative estimate of drug-likeness (QED) is 0.185. The Morgan fingerprint density at radius 2 is 1.82 bits per heavy atom. The molecule has 1 N–H and O–H groups in total. The topological polar surface area (TPSA) is 86.5 Å². The highest BCUT2D eigenvalue weighted by Crippen LogP contribution is 2.41. The summed E-state index contributed by atoms with van der Waals surface area (Å²) in [5, 5.41) is 10.4. The summed E-state index contributed by atoms with van der Waals surface area (Å²) >= 11 is 12.2. The normalized spacial score (nSPS) is 16.0. The number of hydrogen-bond donors (Lipinski definition) is 1. The van der Waals surface area contributed by atoms with E-state index >= 15 is 8.78 Å². The van der Waals surface area contributed by atoms with Gasteiger partial charge < -0.3 is 19.1 Å². The zero-order valence-electron chi connectivity index (χ0n) is 23.8. The standard InChI is InChI=1S/C33H27Cl2F2N3O4/c1-33(2)17-43-16-29(33)40-28-12-19(32(41)42)5-9-27(28)38-30(40)13-20-11-25(37)22(14-24(20)36)26-10-8-23(35)31(39-26)44-15-18-3-6-21(34)7-4-18/h3-12,14,29H,13,15-17H2,1-2H3,(H,41,42). The van der Waals surface area contributed by atoms with Crippen molar-refractivity contribution in [2.75, 3.05) is 13.2 Å². The molecule has 0 amide bonds. The van der Waals surface area contributed by atoms with E-state index in [4.69, 9.17) is 37.7 Å². The number of hydrogen-bond acceptors (Lipinski definition) is 5. The lowest BCUT2D eigenvalue weighted by Crippen LogP contribution is -2.27. The van der Waals surface area contributed by atoms with Gasteiger partial charge >= 0.3 is 5.97 Å². The number of imidazole rings is 1. The third kappa shape index (κ3) is 5.87. The first kappa shape index (κ1) is 30.0. The van der Waals surface area contributed by atoms with Gasteiger partial charge in [0.1, 0.15) is 29.1 Å². The fourth-order valence-corrected chi connectivity index (χ4v) is 5.71. The average molecular weight is 638 g/mol. The van der Waals surface area contributed by atoms with Gasteiger partial charge in [-0.1, -0.05) is 49.2 Å². The van der Waals surface area contributed by atoms with Crippen LogP contribution in [0, 0.1) is 17.0 Å². The van der Waals surface area contributed by atoms with Crippen LogP contribution in [0.3, 0.4) is 0 Å². The van der Waals surface area contributed by atoms with Crippen LogP contribution in [0.1, 0.15) is 47.2 Å². The van der Waals surface area contributed by atoms with E-state index in [0.29, 0.717) is 35.1 Å². The van der Waals surface area contributed by atoms with Gasteiger partial charge in [-0.25, -0.2) is 23.5 Å². The number of aromatic carboxylic acids is 1. The molecule has 3 heterocycles. The second kappa shape index (κ2) is 11.8. The Bertz CT molecular complexity index is 1890. The average Bonchev–Trinajstić information content (AvgIpc) is 3.52. The Labute approximate surface area is 262 Å². The van der Waals surface area contributed by atoms with E-state index in [1.165, 1.54) is 18.2 Å². The van der Waals surface area contributed by atoms with Crippen LogP contribution in [-0.4, -0.2) is 38.8 Å². The van der Waals surface area contributed by atoms with Gasteiger partial charge in [0.2, 0.25) is 5.88 Å². The number of carboxylic acids is 1. The van der Waals surface area contributed by atoms with Crippen molar-refractivity contribution in [3.63, 3.8) is 0 Å². The number of fused-ring (bicyclic) bond motifs is 1. The van der Waals surface area contributed by atoms with Gasteiger partial charge in [-0.2, -0.15) is 0 Å². The number of nitrogens with zero attached hydrogens (tertiary/aromatic N) is 3. The van der Waals surface area contributed by atoms with Gasteiger partial charge in [-0.15, -0.1) is 0 Å². The molecule has 1 aliphatic rings. The maximum Gasteiger partial charge on any atom is 0.335 e. The summed E-state index contributed by atoms with van der Waals surface area (Å²) in [7, 11) is 0. The number of ether oxygens (including phenoxy) is 2. The van der Waals surface area contributed by atoms with Crippen molar-refractivity contribution in [3.05, 3.63) is 111 Å². The van der Waals surface area contributed by atoms with E-state index in [2.05, 4.69) is 4.98 Å². The summed E-state index contributed by atoms with van der Waals surface area (Å²) in [4.78, 5) is 20.8. The Morgan fingerprint density at radius 3 is 2.52 bits per heavy atom. The Kier molecular flexibility index (Phi) is 8.04. The van der Waals surface area contributed by atoms with Crippen LogP contribution in [-0.2, 0) is 17.8 Å². The Morgan fingerprint density at radius 1 is 1.05 bits per heavy atom. The first-order valence-electron chi connectivity index (χ1n) is 13.8. The third-order valence-corrected chi connectivity index (χ3v) is 8.38. The van der Waals surface area contributed by atoms with Crippen molar-refractivity contribution in [1.29, 1.82) is 0 Å². The van der Waals surface area contributed by atoms with Crippen LogP contribution in [0.15, 0.2) is 66.7 Å². The minimum absolute atomic E-state index is 0.0315. The minimum atomic E-state index is -1.07. The summed E-state index contributed by atoms with van der Waals surface area (Å²) in [6, 6.07) is 16.8. The monoisotopic (exact) mass is 637 g/mol. The smallest absolute Gasteiger partial charge is 0.335 e. The highest BCUT2D eigenvalue weighted by atomic mass is 35.5. The number of carboxylic acid groups (broad SMARTS) is 1. The van der Waals surface area contributed by atoms with Crippen molar-refractivity contribution in [2.24, 2.45) is 5.41 Å². The van der Waals surface area contributed by atoms with E-state index in [9.17, 15) is 9.90 Å². The van der Waals surface area contributed by atoms with Gasteiger partial charge in [0.25, 0.3) is 0 Å². The van der Waals surface area contributed by atoms with Gasteiger partial charge in [0.15, 0.2) is 0 Å². The van der Waals surface area contributed by atoms with Gasteiger partial charge in [-0.3, -0.25) is 0 Å². The molecule has 1 fully saturated rings. The van der Waals surface area contributed by atoms with E-state index in [0.717, 1.165) is 17.7 Å². The lowest BCUT2D eigenvalue weighted by atomic mass is 9.87. The molecule has 2 aromatic heterocycles. The van der Waals surface area contributed by atoms with Crippen LogP contribution in [0.25, 0.3) is 22.3 Å². The fourth-order valence-electron chi connectivity index (χ4n) is 5.42. The highest BCUT2D eigenvalue weighted by molar-refractivity contribution is 6.31. The van der Waals surface area contributed by atoms with Crippen molar-refractivity contribution < 1.29 is 28.2 Å². The van der Waals surface area contributed by atoms with E-state index < -0.39 is 17.6 Å². The van der Waals surface area contributed by atoms with E-state index in [-0.39, 0.29) is 57.8 Å². The van der Waals surface area contributed by atoms with Crippen molar-refractivity contribution >= 4 is 40.2 Å². The van der Waals surface area contributed by atoms with Crippen molar-refractivity contribution in [2.45, 2.75) is 32.9 Å². The number of aromatic nitrogens is 3. The van der Waals surface area contributed by atoms with E-state index in [1.807, 2.05) is 18.4 Å². The second-order valence-electron chi connectivity index (χ2n) is 11.4. The maximum absolute atomic E-state index is 15.7. The van der Waals surface area contributed by atoms with Gasteiger partial charge in [0, 0.05) is 22.4 Å². The van der Waals surface area contributed by atoms with E-state index in [1.54, 1.807) is 36.4 Å². The fraction of sp³-hybridized carbons (Fsp3) is 0.242. The molecule has 0 bridgehead atoms.